The molecule has 0 radical (unpaired) electrons. The minimum Gasteiger partial charge on any atom is -0.330 e. The number of rotatable bonds is 4. The fraction of sp³-hybridized carbons (Fsp3) is 0.692. The summed E-state index contributed by atoms with van der Waals surface area (Å²) >= 11 is 5.96. The van der Waals surface area contributed by atoms with Gasteiger partial charge in [0.1, 0.15) is 11.0 Å². The van der Waals surface area contributed by atoms with Crippen molar-refractivity contribution >= 4 is 11.6 Å². The molecule has 1 saturated carbocycles. The number of nitrogens with zero attached hydrogens (tertiary/aromatic N) is 3. The summed E-state index contributed by atoms with van der Waals surface area (Å²) in [6.45, 7) is 3.45. The Morgan fingerprint density at radius 3 is 2.89 bits per heavy atom. The van der Waals surface area contributed by atoms with Gasteiger partial charge in [0.15, 0.2) is 0 Å². The predicted octanol–water partition coefficient (Wildman–Crippen LogP) is 2.00. The third-order valence-corrected chi connectivity index (χ3v) is 3.94. The zero-order chi connectivity index (χ0) is 13.1. The van der Waals surface area contributed by atoms with Crippen LogP contribution >= 0.6 is 11.6 Å². The van der Waals surface area contributed by atoms with Crippen molar-refractivity contribution in [2.75, 3.05) is 13.6 Å². The van der Waals surface area contributed by atoms with Gasteiger partial charge in [-0.1, -0.05) is 18.0 Å². The van der Waals surface area contributed by atoms with E-state index in [-0.39, 0.29) is 0 Å². The highest BCUT2D eigenvalue weighted by Gasteiger charge is 2.29. The molecule has 4 nitrogen and oxygen atoms in total. The van der Waals surface area contributed by atoms with Crippen molar-refractivity contribution in [2.45, 2.75) is 38.8 Å². The molecule has 1 fully saturated rings. The molecular weight excluding hydrogens is 248 g/mol. The average Bonchev–Trinajstić information content (AvgIpc) is 2.75. The molecule has 18 heavy (non-hydrogen) atoms. The predicted molar refractivity (Wildman–Crippen MR) is 73.4 cm³/mol. The quantitative estimate of drug-likeness (QED) is 0.849. The van der Waals surface area contributed by atoms with Crippen molar-refractivity contribution in [3.63, 3.8) is 0 Å². The van der Waals surface area contributed by atoms with Crippen LogP contribution in [0.1, 0.15) is 30.8 Å². The first-order chi connectivity index (χ1) is 8.60. The number of aryl methyl sites for hydroxylation is 1. The molecule has 5 heteroatoms. The number of nitrogens with two attached hydrogens (primary N) is 1. The first-order valence-electron chi connectivity index (χ1n) is 6.50. The van der Waals surface area contributed by atoms with Crippen LogP contribution in [0.15, 0.2) is 6.07 Å². The molecule has 2 unspecified atom stereocenters. The molecule has 100 valence electrons. The van der Waals surface area contributed by atoms with Crippen molar-refractivity contribution in [3.8, 4) is 0 Å². The minimum atomic E-state index is 0.521. The maximum absolute atomic E-state index is 5.96. The van der Waals surface area contributed by atoms with Crippen LogP contribution in [-0.2, 0) is 6.54 Å². The molecule has 1 heterocycles. The maximum atomic E-state index is 5.96. The largest absolute Gasteiger partial charge is 0.330 e. The SMILES string of the molecule is Cc1cc(Cl)nc(CN(C)C2CCCC2CN)n1. The Morgan fingerprint density at radius 1 is 1.44 bits per heavy atom. The van der Waals surface area contributed by atoms with Gasteiger partial charge in [0.05, 0.1) is 6.54 Å². The summed E-state index contributed by atoms with van der Waals surface area (Å²) < 4.78 is 0. The summed E-state index contributed by atoms with van der Waals surface area (Å²) in [5.41, 5.74) is 6.74. The first kappa shape index (κ1) is 13.7. The maximum Gasteiger partial charge on any atom is 0.144 e. The lowest BCUT2D eigenvalue weighted by Gasteiger charge is -2.28. The van der Waals surface area contributed by atoms with Gasteiger partial charge in [-0.15, -0.1) is 0 Å². The van der Waals surface area contributed by atoms with Crippen molar-refractivity contribution in [1.82, 2.24) is 14.9 Å². The van der Waals surface area contributed by atoms with Gasteiger partial charge >= 0.3 is 0 Å². The molecule has 1 aromatic rings. The van der Waals surface area contributed by atoms with E-state index in [1.807, 2.05) is 6.92 Å². The summed E-state index contributed by atoms with van der Waals surface area (Å²) in [7, 11) is 2.12. The van der Waals surface area contributed by atoms with E-state index < -0.39 is 0 Å². The second kappa shape index (κ2) is 5.95. The fourth-order valence-corrected chi connectivity index (χ4v) is 3.13. The van der Waals surface area contributed by atoms with Crippen LogP contribution in [0.25, 0.3) is 0 Å². The average molecular weight is 269 g/mol. The summed E-state index contributed by atoms with van der Waals surface area (Å²) in [6, 6.07) is 2.33. The number of halogens is 1. The summed E-state index contributed by atoms with van der Waals surface area (Å²) in [5, 5.41) is 0.521. The van der Waals surface area contributed by atoms with Gasteiger partial charge < -0.3 is 5.73 Å². The second-order valence-corrected chi connectivity index (χ2v) is 5.54. The lowest BCUT2D eigenvalue weighted by Crippen LogP contribution is -2.37. The molecule has 2 rings (SSSR count). The molecule has 1 aliphatic carbocycles. The van der Waals surface area contributed by atoms with Crippen LogP contribution in [0, 0.1) is 12.8 Å². The van der Waals surface area contributed by atoms with Gasteiger partial charge in [-0.2, -0.15) is 0 Å². The minimum absolute atomic E-state index is 0.521. The van der Waals surface area contributed by atoms with Crippen LogP contribution in [0.5, 0.6) is 0 Å². The van der Waals surface area contributed by atoms with Gasteiger partial charge in [0.25, 0.3) is 0 Å². The number of aromatic nitrogens is 2. The van der Waals surface area contributed by atoms with Crippen molar-refractivity contribution in [1.29, 1.82) is 0 Å². The van der Waals surface area contributed by atoms with Gasteiger partial charge in [-0.25, -0.2) is 9.97 Å². The van der Waals surface area contributed by atoms with Gasteiger partial charge in [-0.3, -0.25) is 4.90 Å². The summed E-state index contributed by atoms with van der Waals surface area (Å²) in [6.07, 6.45) is 3.73. The van der Waals surface area contributed by atoms with Gasteiger partial charge in [-0.05, 0) is 45.3 Å². The van der Waals surface area contributed by atoms with Crippen molar-refractivity contribution in [2.24, 2.45) is 11.7 Å². The van der Waals surface area contributed by atoms with E-state index >= 15 is 0 Å². The molecule has 1 aromatic heterocycles. The normalized spacial score (nSPS) is 23.8. The Balaban J connectivity index is 2.04. The highest BCUT2D eigenvalue weighted by molar-refractivity contribution is 6.29. The van der Waals surface area contributed by atoms with E-state index in [1.54, 1.807) is 6.07 Å². The standard InChI is InChI=1S/C13H21ClN4/c1-9-6-12(14)17-13(16-9)8-18(2)11-5-3-4-10(11)7-15/h6,10-11H,3-5,7-8,15H2,1-2H3. The molecule has 0 aliphatic heterocycles. The third-order valence-electron chi connectivity index (χ3n) is 3.75. The van der Waals surface area contributed by atoms with Crippen LogP contribution in [-0.4, -0.2) is 34.5 Å². The van der Waals surface area contributed by atoms with Gasteiger partial charge in [0, 0.05) is 11.7 Å². The third kappa shape index (κ3) is 3.19. The van der Waals surface area contributed by atoms with Crippen molar-refractivity contribution < 1.29 is 0 Å². The van der Waals surface area contributed by atoms with Crippen LogP contribution < -0.4 is 5.73 Å². The van der Waals surface area contributed by atoms with E-state index in [9.17, 15) is 0 Å². The second-order valence-electron chi connectivity index (χ2n) is 5.16. The van der Waals surface area contributed by atoms with E-state index in [2.05, 4.69) is 21.9 Å². The van der Waals surface area contributed by atoms with Crippen LogP contribution in [0.3, 0.4) is 0 Å². The molecule has 1 aliphatic rings. The Kier molecular flexibility index (Phi) is 4.54. The van der Waals surface area contributed by atoms with E-state index in [4.69, 9.17) is 17.3 Å². The van der Waals surface area contributed by atoms with Gasteiger partial charge in [0.2, 0.25) is 0 Å². The topological polar surface area (TPSA) is 55.0 Å². The van der Waals surface area contributed by atoms with E-state index in [1.165, 1.54) is 19.3 Å². The number of hydrogen-bond donors (Lipinski definition) is 1. The lowest BCUT2D eigenvalue weighted by molar-refractivity contribution is 0.188. The molecular formula is C13H21ClN4. The fourth-order valence-electron chi connectivity index (χ4n) is 2.87. The molecule has 2 atom stereocenters. The van der Waals surface area contributed by atoms with E-state index in [0.29, 0.717) is 17.1 Å². The molecule has 0 spiro atoms. The summed E-state index contributed by atoms with van der Waals surface area (Å²) in [5.74, 6) is 1.40. The Hall–Kier alpha value is -0.710. The van der Waals surface area contributed by atoms with Crippen LogP contribution in [0.4, 0.5) is 0 Å². The monoisotopic (exact) mass is 268 g/mol. The Morgan fingerprint density at radius 2 is 2.22 bits per heavy atom. The first-order valence-corrected chi connectivity index (χ1v) is 6.88. The smallest absolute Gasteiger partial charge is 0.144 e. The molecule has 0 bridgehead atoms. The molecule has 0 saturated heterocycles. The van der Waals surface area contributed by atoms with Crippen molar-refractivity contribution in [3.05, 3.63) is 22.7 Å². The van der Waals surface area contributed by atoms with Crippen LogP contribution in [0.2, 0.25) is 5.15 Å². The van der Waals surface area contributed by atoms with E-state index in [0.717, 1.165) is 24.6 Å². The molecule has 2 N–H and O–H groups in total. The zero-order valence-corrected chi connectivity index (χ0v) is 11.8. The zero-order valence-electron chi connectivity index (χ0n) is 11.1. The Bertz CT molecular complexity index is 390. The number of hydrogen-bond acceptors (Lipinski definition) is 4. The Labute approximate surface area is 114 Å². The molecule has 0 amide bonds. The molecule has 0 aromatic carbocycles. The highest BCUT2D eigenvalue weighted by atomic mass is 35.5. The lowest BCUT2D eigenvalue weighted by atomic mass is 10.0. The summed E-state index contributed by atoms with van der Waals surface area (Å²) in [4.78, 5) is 11.0. The highest BCUT2D eigenvalue weighted by Crippen LogP contribution is 2.29.